The number of imide groups is 1. The number of anilines is 1. The molecule has 2 saturated heterocycles. The third-order valence-electron chi connectivity index (χ3n) is 6.94. The van der Waals surface area contributed by atoms with Gasteiger partial charge in [0.1, 0.15) is 11.4 Å². The first-order valence-electron chi connectivity index (χ1n) is 11.9. The lowest BCUT2D eigenvalue weighted by molar-refractivity contribution is -0.125. The largest absolute Gasteiger partial charge is 0.383 e. The molecule has 2 aromatic rings. The van der Waals surface area contributed by atoms with Crippen LogP contribution in [-0.2, 0) is 15.1 Å². The van der Waals surface area contributed by atoms with Crippen molar-refractivity contribution in [1.29, 1.82) is 0 Å². The minimum Gasteiger partial charge on any atom is -0.383 e. The lowest BCUT2D eigenvalue weighted by Crippen LogP contribution is -2.48. The number of hydrogen-bond donors (Lipinski definition) is 3. The highest BCUT2D eigenvalue weighted by Crippen LogP contribution is 2.33. The number of amides is 4. The van der Waals surface area contributed by atoms with Gasteiger partial charge in [0.15, 0.2) is 0 Å². The predicted molar refractivity (Wildman–Crippen MR) is 132 cm³/mol. The second kappa shape index (κ2) is 9.65. The van der Waals surface area contributed by atoms with E-state index in [4.69, 9.17) is 4.74 Å². The molecular formula is C26H33N5O4. The molecule has 0 aliphatic carbocycles. The number of methoxy groups -OCH3 is 1. The van der Waals surface area contributed by atoms with E-state index in [9.17, 15) is 14.4 Å². The topological polar surface area (TPSA) is 113 Å². The fourth-order valence-electron chi connectivity index (χ4n) is 5.13. The van der Waals surface area contributed by atoms with Gasteiger partial charge in [-0.2, -0.15) is 0 Å². The molecule has 4 rings (SSSR count). The van der Waals surface area contributed by atoms with E-state index in [2.05, 4.69) is 27.0 Å². The van der Waals surface area contributed by atoms with Crippen molar-refractivity contribution >= 4 is 23.7 Å². The summed E-state index contributed by atoms with van der Waals surface area (Å²) in [5.41, 5.74) is 2.17. The molecule has 1 aromatic carbocycles. The Morgan fingerprint density at radius 1 is 1.26 bits per heavy atom. The minimum absolute atomic E-state index is 0.0499. The highest BCUT2D eigenvalue weighted by Gasteiger charge is 2.50. The summed E-state index contributed by atoms with van der Waals surface area (Å²) in [6, 6.07) is 8.47. The van der Waals surface area contributed by atoms with Gasteiger partial charge in [0.2, 0.25) is 0 Å². The normalized spacial score (nSPS) is 24.0. The van der Waals surface area contributed by atoms with Crippen LogP contribution in [0.4, 0.5) is 10.6 Å². The summed E-state index contributed by atoms with van der Waals surface area (Å²) < 4.78 is 5.41. The number of hydrogen-bond acceptors (Lipinski definition) is 6. The van der Waals surface area contributed by atoms with Crippen LogP contribution >= 0.6 is 0 Å². The quantitative estimate of drug-likeness (QED) is 0.527. The average Bonchev–Trinajstić information content (AvgIpc) is 3.35. The summed E-state index contributed by atoms with van der Waals surface area (Å²) in [6.07, 6.45) is 2.58. The summed E-state index contributed by atoms with van der Waals surface area (Å²) in [7, 11) is 1.64. The number of aromatic nitrogens is 1. The second-order valence-corrected chi connectivity index (χ2v) is 9.77. The van der Waals surface area contributed by atoms with Crippen LogP contribution in [0.3, 0.4) is 0 Å². The van der Waals surface area contributed by atoms with Gasteiger partial charge in [0, 0.05) is 31.5 Å². The first kappa shape index (κ1) is 24.7. The Kier molecular flexibility index (Phi) is 6.80. The molecule has 0 radical (unpaired) electrons. The van der Waals surface area contributed by atoms with Crippen molar-refractivity contribution in [1.82, 2.24) is 20.5 Å². The van der Waals surface area contributed by atoms with Crippen LogP contribution in [0, 0.1) is 19.8 Å². The van der Waals surface area contributed by atoms with Crippen LogP contribution in [0.5, 0.6) is 0 Å². The maximum Gasteiger partial charge on any atom is 0.322 e. The van der Waals surface area contributed by atoms with Crippen LogP contribution in [0.1, 0.15) is 47.3 Å². The standard InChI is InChI=1S/C26H33N5O4/c1-15(2)26(24(33)29-25(34)30-26)19-8-6-18(7-9-19)23(32)31-13-20(11-21(31)14-35-5)28-22-17(4)10-16(3)12-27-22/h6-10,12,15,20-21H,11,13-14H2,1-5H3,(H,27,28)(H2,29,30,33,34)/t20-,21-,26?/m0/s1. The van der Waals surface area contributed by atoms with Crippen LogP contribution in [0.2, 0.25) is 0 Å². The lowest BCUT2D eigenvalue weighted by atomic mass is 9.79. The van der Waals surface area contributed by atoms with E-state index in [1.165, 1.54) is 0 Å². The van der Waals surface area contributed by atoms with Gasteiger partial charge < -0.3 is 20.3 Å². The zero-order valence-electron chi connectivity index (χ0n) is 20.8. The van der Waals surface area contributed by atoms with Gasteiger partial charge in [-0.1, -0.05) is 32.0 Å². The average molecular weight is 480 g/mol. The highest BCUT2D eigenvalue weighted by atomic mass is 16.5. The molecule has 2 aliphatic rings. The van der Waals surface area contributed by atoms with Gasteiger partial charge in [-0.25, -0.2) is 9.78 Å². The molecule has 1 unspecified atom stereocenters. The van der Waals surface area contributed by atoms with Gasteiger partial charge in [-0.15, -0.1) is 0 Å². The van der Waals surface area contributed by atoms with Crippen LogP contribution in [-0.4, -0.2) is 60.1 Å². The SMILES string of the molecule is COC[C@@H]1C[C@H](Nc2ncc(C)cc2C)CN1C(=O)c1ccc(C2(C(C)C)NC(=O)NC2=O)cc1. The van der Waals surface area contributed by atoms with Crippen LogP contribution in [0.15, 0.2) is 36.5 Å². The Hall–Kier alpha value is -3.46. The molecule has 3 heterocycles. The molecule has 3 N–H and O–H groups in total. The van der Waals surface area contributed by atoms with Crippen molar-refractivity contribution < 1.29 is 19.1 Å². The second-order valence-electron chi connectivity index (χ2n) is 9.77. The number of carbonyl (C=O) groups excluding carboxylic acids is 3. The number of ether oxygens (including phenoxy) is 1. The smallest absolute Gasteiger partial charge is 0.322 e. The van der Waals surface area contributed by atoms with Gasteiger partial charge >= 0.3 is 6.03 Å². The Labute approximate surface area is 205 Å². The number of nitrogens with one attached hydrogen (secondary N) is 3. The monoisotopic (exact) mass is 479 g/mol. The zero-order valence-corrected chi connectivity index (χ0v) is 20.8. The molecule has 0 saturated carbocycles. The van der Waals surface area contributed by atoms with Crippen molar-refractivity contribution in [2.45, 2.75) is 51.7 Å². The first-order valence-corrected chi connectivity index (χ1v) is 11.9. The van der Waals surface area contributed by atoms with Gasteiger partial charge in [0.25, 0.3) is 11.8 Å². The van der Waals surface area contributed by atoms with Gasteiger partial charge in [-0.05, 0) is 55.0 Å². The van der Waals surface area contributed by atoms with Crippen LogP contribution < -0.4 is 16.0 Å². The molecule has 4 amide bonds. The van der Waals surface area contributed by atoms with E-state index in [0.717, 1.165) is 23.4 Å². The molecule has 2 aliphatic heterocycles. The van der Waals surface area contributed by atoms with Crippen molar-refractivity contribution in [2.24, 2.45) is 5.92 Å². The summed E-state index contributed by atoms with van der Waals surface area (Å²) in [5, 5.41) is 8.59. The van der Waals surface area contributed by atoms with Crippen molar-refractivity contribution in [3.63, 3.8) is 0 Å². The van der Waals surface area contributed by atoms with E-state index in [-0.39, 0.29) is 29.8 Å². The fraction of sp³-hybridized carbons (Fsp3) is 0.462. The minimum atomic E-state index is -1.15. The molecule has 9 nitrogen and oxygen atoms in total. The van der Waals surface area contributed by atoms with Gasteiger partial charge in [0.05, 0.1) is 12.6 Å². The van der Waals surface area contributed by atoms with Crippen molar-refractivity contribution in [3.8, 4) is 0 Å². The molecule has 1 aromatic heterocycles. The first-order chi connectivity index (χ1) is 16.6. The maximum atomic E-state index is 13.5. The number of urea groups is 1. The molecule has 3 atom stereocenters. The van der Waals surface area contributed by atoms with E-state index in [1.807, 2.05) is 38.8 Å². The Bertz CT molecular complexity index is 1130. The molecule has 0 spiro atoms. The maximum absolute atomic E-state index is 13.5. The Morgan fingerprint density at radius 3 is 2.54 bits per heavy atom. The molecule has 2 fully saturated rings. The summed E-state index contributed by atoms with van der Waals surface area (Å²) in [6.45, 7) is 8.74. The van der Waals surface area contributed by atoms with Crippen LogP contribution in [0.25, 0.3) is 0 Å². The predicted octanol–water partition coefficient (Wildman–Crippen LogP) is 2.73. The third-order valence-corrected chi connectivity index (χ3v) is 6.94. The number of nitrogens with zero attached hydrogens (tertiary/aromatic N) is 2. The highest BCUT2D eigenvalue weighted by molar-refractivity contribution is 6.07. The zero-order chi connectivity index (χ0) is 25.3. The van der Waals surface area contributed by atoms with E-state index >= 15 is 0 Å². The summed E-state index contributed by atoms with van der Waals surface area (Å²) in [4.78, 5) is 44.3. The number of rotatable bonds is 7. The number of aryl methyl sites for hydroxylation is 2. The number of likely N-dealkylation sites (tertiary alicyclic amines) is 1. The Morgan fingerprint density at radius 2 is 1.97 bits per heavy atom. The third kappa shape index (κ3) is 4.60. The summed E-state index contributed by atoms with van der Waals surface area (Å²) in [5.74, 6) is 0.164. The molecule has 0 bridgehead atoms. The van der Waals surface area contributed by atoms with E-state index in [1.54, 1.807) is 31.4 Å². The summed E-state index contributed by atoms with van der Waals surface area (Å²) >= 11 is 0. The number of pyridine rings is 1. The molecule has 186 valence electrons. The van der Waals surface area contributed by atoms with E-state index < -0.39 is 11.6 Å². The molecular weight excluding hydrogens is 446 g/mol. The van der Waals surface area contributed by atoms with Crippen molar-refractivity contribution in [2.75, 3.05) is 25.6 Å². The fourth-order valence-corrected chi connectivity index (χ4v) is 5.13. The Balaban J connectivity index is 1.53. The molecule has 35 heavy (non-hydrogen) atoms. The number of carbonyl (C=O) groups is 3. The van der Waals surface area contributed by atoms with Gasteiger partial charge in [-0.3, -0.25) is 14.9 Å². The van der Waals surface area contributed by atoms with E-state index in [0.29, 0.717) is 24.3 Å². The number of benzene rings is 1. The molecule has 9 heteroatoms. The lowest BCUT2D eigenvalue weighted by Gasteiger charge is -2.31. The van der Waals surface area contributed by atoms with Crippen molar-refractivity contribution in [3.05, 3.63) is 58.8 Å².